The van der Waals surface area contributed by atoms with Crippen LogP contribution < -0.4 is 5.73 Å². The van der Waals surface area contributed by atoms with Crippen molar-refractivity contribution in [2.45, 2.75) is 18.7 Å². The smallest absolute Gasteiger partial charge is 0.243 e. The van der Waals surface area contributed by atoms with E-state index < -0.39 is 15.8 Å². The van der Waals surface area contributed by atoms with Crippen LogP contribution in [0.3, 0.4) is 0 Å². The molecular weight excluding hydrogens is 255 g/mol. The average molecular weight is 272 g/mol. The van der Waals surface area contributed by atoms with Crippen LogP contribution >= 0.6 is 0 Å². The Balaban J connectivity index is 2.34. The second-order valence-corrected chi connectivity index (χ2v) is 6.90. The number of anilines is 1. The highest BCUT2D eigenvalue weighted by Gasteiger charge is 2.35. The highest BCUT2D eigenvalue weighted by molar-refractivity contribution is 7.89. The van der Waals surface area contributed by atoms with E-state index in [1.54, 1.807) is 0 Å². The van der Waals surface area contributed by atoms with E-state index in [0.29, 0.717) is 24.9 Å². The molecule has 0 amide bonds. The predicted molar refractivity (Wildman–Crippen MR) is 67.9 cm³/mol. The first-order chi connectivity index (χ1) is 8.32. The molecule has 0 radical (unpaired) electrons. The van der Waals surface area contributed by atoms with Crippen molar-refractivity contribution in [3.8, 4) is 0 Å². The van der Waals surface area contributed by atoms with Crippen molar-refractivity contribution >= 4 is 15.7 Å². The third kappa shape index (κ3) is 2.22. The van der Waals surface area contributed by atoms with Gasteiger partial charge in [0.05, 0.1) is 10.6 Å². The maximum atomic E-state index is 13.3. The van der Waals surface area contributed by atoms with Gasteiger partial charge in [-0.25, -0.2) is 12.8 Å². The van der Waals surface area contributed by atoms with E-state index in [1.807, 2.05) is 13.8 Å². The van der Waals surface area contributed by atoms with Gasteiger partial charge < -0.3 is 5.73 Å². The standard InChI is InChI=1S/C12H17FN2O2S/c1-8-6-15(7-9(8)2)18(16,17)10-3-4-12(14)11(13)5-10/h3-5,8-9H,6-7,14H2,1-2H3. The maximum Gasteiger partial charge on any atom is 0.243 e. The molecule has 1 heterocycles. The molecule has 1 aromatic carbocycles. The molecule has 2 atom stereocenters. The summed E-state index contributed by atoms with van der Waals surface area (Å²) in [6.07, 6.45) is 0. The molecule has 0 aromatic heterocycles. The van der Waals surface area contributed by atoms with E-state index in [2.05, 4.69) is 0 Å². The zero-order valence-electron chi connectivity index (χ0n) is 10.4. The largest absolute Gasteiger partial charge is 0.396 e. The van der Waals surface area contributed by atoms with Gasteiger partial charge in [0.25, 0.3) is 0 Å². The molecule has 6 heteroatoms. The van der Waals surface area contributed by atoms with Gasteiger partial charge in [-0.2, -0.15) is 4.31 Å². The van der Waals surface area contributed by atoms with E-state index in [1.165, 1.54) is 16.4 Å². The van der Waals surface area contributed by atoms with Crippen molar-refractivity contribution in [3.05, 3.63) is 24.0 Å². The Morgan fingerprint density at radius 3 is 2.33 bits per heavy atom. The molecule has 4 nitrogen and oxygen atoms in total. The summed E-state index contributed by atoms with van der Waals surface area (Å²) in [6, 6.07) is 3.62. The van der Waals surface area contributed by atoms with Crippen molar-refractivity contribution in [2.24, 2.45) is 11.8 Å². The van der Waals surface area contributed by atoms with Gasteiger partial charge in [-0.05, 0) is 30.0 Å². The van der Waals surface area contributed by atoms with Crippen LogP contribution in [0.25, 0.3) is 0 Å². The van der Waals surface area contributed by atoms with Crippen molar-refractivity contribution in [2.75, 3.05) is 18.8 Å². The third-order valence-corrected chi connectivity index (χ3v) is 5.39. The molecule has 1 aliphatic heterocycles. The van der Waals surface area contributed by atoms with Gasteiger partial charge in [0.1, 0.15) is 5.82 Å². The van der Waals surface area contributed by atoms with Gasteiger partial charge in [-0.3, -0.25) is 0 Å². The van der Waals surface area contributed by atoms with Gasteiger partial charge >= 0.3 is 0 Å². The quantitative estimate of drug-likeness (QED) is 0.833. The maximum absolute atomic E-state index is 13.3. The van der Waals surface area contributed by atoms with Crippen LogP contribution in [0.4, 0.5) is 10.1 Å². The van der Waals surface area contributed by atoms with Gasteiger partial charge in [-0.1, -0.05) is 13.8 Å². The molecule has 0 saturated carbocycles. The number of nitrogens with two attached hydrogens (primary N) is 1. The van der Waals surface area contributed by atoms with Crippen molar-refractivity contribution in [1.82, 2.24) is 4.31 Å². The lowest BCUT2D eigenvalue weighted by Gasteiger charge is -2.16. The highest BCUT2D eigenvalue weighted by Crippen LogP contribution is 2.28. The summed E-state index contributed by atoms with van der Waals surface area (Å²) in [6.45, 7) is 5.00. The van der Waals surface area contributed by atoms with E-state index in [-0.39, 0.29) is 10.6 Å². The topological polar surface area (TPSA) is 63.4 Å². The number of halogens is 1. The second kappa shape index (κ2) is 4.51. The molecule has 1 aliphatic rings. The summed E-state index contributed by atoms with van der Waals surface area (Å²) in [4.78, 5) is -0.0319. The first-order valence-corrected chi connectivity index (χ1v) is 7.31. The fourth-order valence-electron chi connectivity index (χ4n) is 2.09. The van der Waals surface area contributed by atoms with E-state index in [9.17, 15) is 12.8 Å². The lowest BCUT2D eigenvalue weighted by molar-refractivity contribution is 0.462. The number of hydrogen-bond donors (Lipinski definition) is 1. The zero-order valence-corrected chi connectivity index (χ0v) is 11.2. The van der Waals surface area contributed by atoms with Crippen LogP contribution in [0.15, 0.2) is 23.1 Å². The molecule has 1 fully saturated rings. The number of sulfonamides is 1. The number of rotatable bonds is 2. The van der Waals surface area contributed by atoms with Crippen LogP contribution in [0.2, 0.25) is 0 Å². The number of nitrogens with zero attached hydrogens (tertiary/aromatic N) is 1. The zero-order chi connectivity index (χ0) is 13.5. The Bertz CT molecular complexity index is 549. The van der Waals surface area contributed by atoms with Crippen LogP contribution in [0.5, 0.6) is 0 Å². The van der Waals surface area contributed by atoms with E-state index >= 15 is 0 Å². The van der Waals surface area contributed by atoms with Crippen LogP contribution in [-0.4, -0.2) is 25.8 Å². The Kier molecular flexibility index (Phi) is 3.33. The number of nitrogen functional groups attached to an aromatic ring is 1. The summed E-state index contributed by atoms with van der Waals surface area (Å²) >= 11 is 0. The molecule has 2 N–H and O–H groups in total. The molecule has 1 aromatic rings. The summed E-state index contributed by atoms with van der Waals surface area (Å²) in [5.41, 5.74) is 5.30. The normalized spacial score (nSPS) is 25.5. The minimum atomic E-state index is -3.61. The fraction of sp³-hybridized carbons (Fsp3) is 0.500. The molecule has 18 heavy (non-hydrogen) atoms. The molecule has 100 valence electrons. The summed E-state index contributed by atoms with van der Waals surface area (Å²) < 4.78 is 39.4. The van der Waals surface area contributed by atoms with Crippen molar-refractivity contribution in [1.29, 1.82) is 0 Å². The lowest BCUT2D eigenvalue weighted by Crippen LogP contribution is -2.29. The molecule has 2 rings (SSSR count). The minimum Gasteiger partial charge on any atom is -0.396 e. The number of benzene rings is 1. The fourth-order valence-corrected chi connectivity index (χ4v) is 3.74. The first kappa shape index (κ1) is 13.3. The molecule has 0 aliphatic carbocycles. The average Bonchev–Trinajstić information content (AvgIpc) is 2.64. The van der Waals surface area contributed by atoms with Crippen LogP contribution in [0.1, 0.15) is 13.8 Å². The van der Waals surface area contributed by atoms with E-state index in [4.69, 9.17) is 5.73 Å². The van der Waals surface area contributed by atoms with E-state index in [0.717, 1.165) is 6.07 Å². The monoisotopic (exact) mass is 272 g/mol. The minimum absolute atomic E-state index is 0.0319. The van der Waals surface area contributed by atoms with Gasteiger partial charge in [0.2, 0.25) is 10.0 Å². The molecule has 0 spiro atoms. The summed E-state index contributed by atoms with van der Waals surface area (Å²) in [7, 11) is -3.61. The first-order valence-electron chi connectivity index (χ1n) is 5.87. The molecular formula is C12H17FN2O2S. The third-order valence-electron chi connectivity index (χ3n) is 3.56. The Hall–Kier alpha value is -1.14. The molecule has 2 unspecified atom stereocenters. The Morgan fingerprint density at radius 2 is 1.83 bits per heavy atom. The summed E-state index contributed by atoms with van der Waals surface area (Å²) in [5.74, 6) is -0.0619. The summed E-state index contributed by atoms with van der Waals surface area (Å²) in [5, 5.41) is 0. The molecule has 1 saturated heterocycles. The highest BCUT2D eigenvalue weighted by atomic mass is 32.2. The molecule has 0 bridgehead atoms. The lowest BCUT2D eigenvalue weighted by atomic mass is 10.0. The predicted octanol–water partition coefficient (Wildman–Crippen LogP) is 1.68. The Labute approximate surface area is 107 Å². The van der Waals surface area contributed by atoms with Gasteiger partial charge in [-0.15, -0.1) is 0 Å². The second-order valence-electron chi connectivity index (χ2n) is 4.96. The van der Waals surface area contributed by atoms with Crippen LogP contribution in [-0.2, 0) is 10.0 Å². The van der Waals surface area contributed by atoms with Crippen molar-refractivity contribution < 1.29 is 12.8 Å². The van der Waals surface area contributed by atoms with Crippen LogP contribution in [0, 0.1) is 17.7 Å². The Morgan fingerprint density at radius 1 is 1.28 bits per heavy atom. The van der Waals surface area contributed by atoms with Gasteiger partial charge in [0, 0.05) is 13.1 Å². The SMILES string of the molecule is CC1CN(S(=O)(=O)c2ccc(N)c(F)c2)CC1C. The van der Waals surface area contributed by atoms with Crippen molar-refractivity contribution in [3.63, 3.8) is 0 Å². The van der Waals surface area contributed by atoms with Gasteiger partial charge in [0.15, 0.2) is 0 Å². The number of hydrogen-bond acceptors (Lipinski definition) is 3.